The van der Waals surface area contributed by atoms with E-state index < -0.39 is 0 Å². The van der Waals surface area contributed by atoms with Crippen molar-refractivity contribution < 1.29 is 4.74 Å². The van der Waals surface area contributed by atoms with Crippen LogP contribution in [0, 0.1) is 0 Å². The van der Waals surface area contributed by atoms with E-state index in [1.54, 1.807) is 7.11 Å². The number of benzene rings is 1. The van der Waals surface area contributed by atoms with Crippen LogP contribution >= 0.6 is 11.6 Å². The van der Waals surface area contributed by atoms with E-state index in [0.29, 0.717) is 18.2 Å². The lowest BCUT2D eigenvalue weighted by molar-refractivity contribution is 0.0147. The van der Waals surface area contributed by atoms with Crippen molar-refractivity contribution in [2.75, 3.05) is 7.11 Å². The SMILES string of the molecule is COC1CC(NC(C)c2cccc(Cl)c2)C1. The number of hydrogen-bond donors (Lipinski definition) is 1. The fraction of sp³-hybridized carbons (Fsp3) is 0.538. The Kier molecular flexibility index (Phi) is 3.85. The van der Waals surface area contributed by atoms with Crippen LogP contribution in [0.4, 0.5) is 0 Å². The van der Waals surface area contributed by atoms with Crippen LogP contribution in [0.5, 0.6) is 0 Å². The molecule has 1 atom stereocenters. The van der Waals surface area contributed by atoms with Crippen molar-refractivity contribution in [2.24, 2.45) is 0 Å². The van der Waals surface area contributed by atoms with Gasteiger partial charge in [-0.3, -0.25) is 0 Å². The molecule has 3 heteroatoms. The minimum Gasteiger partial charge on any atom is -0.381 e. The van der Waals surface area contributed by atoms with Crippen LogP contribution in [0.15, 0.2) is 24.3 Å². The topological polar surface area (TPSA) is 21.3 Å². The van der Waals surface area contributed by atoms with Crippen molar-refractivity contribution in [2.45, 2.75) is 38.0 Å². The van der Waals surface area contributed by atoms with Crippen molar-refractivity contribution in [3.8, 4) is 0 Å². The summed E-state index contributed by atoms with van der Waals surface area (Å²) in [5.41, 5.74) is 1.24. The predicted octanol–water partition coefficient (Wildman–Crippen LogP) is 3.17. The maximum Gasteiger partial charge on any atom is 0.0601 e. The van der Waals surface area contributed by atoms with E-state index in [4.69, 9.17) is 16.3 Å². The third kappa shape index (κ3) is 2.76. The van der Waals surface area contributed by atoms with Crippen LogP contribution in [-0.4, -0.2) is 19.3 Å². The van der Waals surface area contributed by atoms with Gasteiger partial charge >= 0.3 is 0 Å². The Labute approximate surface area is 102 Å². The van der Waals surface area contributed by atoms with Crippen molar-refractivity contribution in [3.05, 3.63) is 34.9 Å². The zero-order valence-corrected chi connectivity index (χ0v) is 10.5. The van der Waals surface area contributed by atoms with Crippen LogP contribution in [0.3, 0.4) is 0 Å². The quantitative estimate of drug-likeness (QED) is 0.872. The molecule has 1 aliphatic carbocycles. The first-order valence-electron chi connectivity index (χ1n) is 5.73. The van der Waals surface area contributed by atoms with Crippen molar-refractivity contribution in [1.82, 2.24) is 5.32 Å². The highest BCUT2D eigenvalue weighted by atomic mass is 35.5. The number of halogens is 1. The fourth-order valence-corrected chi connectivity index (χ4v) is 2.32. The maximum absolute atomic E-state index is 5.97. The van der Waals surface area contributed by atoms with Crippen LogP contribution < -0.4 is 5.32 Å². The lowest BCUT2D eigenvalue weighted by Gasteiger charge is -2.36. The van der Waals surface area contributed by atoms with Crippen LogP contribution in [0.25, 0.3) is 0 Å². The van der Waals surface area contributed by atoms with Crippen LogP contribution in [0.2, 0.25) is 5.02 Å². The minimum absolute atomic E-state index is 0.349. The third-order valence-corrected chi connectivity index (χ3v) is 3.50. The normalized spacial score (nSPS) is 26.2. The molecule has 1 unspecified atom stereocenters. The third-order valence-electron chi connectivity index (χ3n) is 3.26. The predicted molar refractivity (Wildman–Crippen MR) is 66.8 cm³/mol. The molecule has 2 nitrogen and oxygen atoms in total. The Balaban J connectivity index is 1.87. The van der Waals surface area contributed by atoms with E-state index in [9.17, 15) is 0 Å². The summed E-state index contributed by atoms with van der Waals surface area (Å²) in [6, 6.07) is 8.96. The summed E-state index contributed by atoms with van der Waals surface area (Å²) in [4.78, 5) is 0. The Bertz CT molecular complexity index is 350. The van der Waals surface area contributed by atoms with Crippen molar-refractivity contribution >= 4 is 11.6 Å². The Morgan fingerprint density at radius 3 is 2.81 bits per heavy atom. The number of rotatable bonds is 4. The molecule has 1 fully saturated rings. The molecule has 0 amide bonds. The second kappa shape index (κ2) is 5.17. The zero-order chi connectivity index (χ0) is 11.5. The van der Waals surface area contributed by atoms with Crippen molar-refractivity contribution in [1.29, 1.82) is 0 Å². The second-order valence-corrected chi connectivity index (χ2v) is 4.91. The summed E-state index contributed by atoms with van der Waals surface area (Å²) in [6.45, 7) is 2.17. The molecule has 1 aromatic carbocycles. The molecule has 0 bridgehead atoms. The van der Waals surface area contributed by atoms with Crippen LogP contribution in [0.1, 0.15) is 31.4 Å². The molecule has 0 radical (unpaired) electrons. The first kappa shape index (κ1) is 11.9. The van der Waals surface area contributed by atoms with E-state index in [2.05, 4.69) is 18.3 Å². The fourth-order valence-electron chi connectivity index (χ4n) is 2.12. The number of ether oxygens (including phenoxy) is 1. The molecule has 0 aromatic heterocycles. The largest absolute Gasteiger partial charge is 0.381 e. The average molecular weight is 240 g/mol. The Hall–Kier alpha value is -0.570. The molecule has 16 heavy (non-hydrogen) atoms. The van der Waals surface area contributed by atoms with Gasteiger partial charge in [0.05, 0.1) is 6.10 Å². The molecule has 0 aliphatic heterocycles. The molecule has 1 N–H and O–H groups in total. The lowest BCUT2D eigenvalue weighted by atomic mass is 9.88. The molecule has 88 valence electrons. The second-order valence-electron chi connectivity index (χ2n) is 4.47. The molecule has 2 rings (SSSR count). The van der Waals surface area contributed by atoms with Gasteiger partial charge in [-0.05, 0) is 37.5 Å². The summed E-state index contributed by atoms with van der Waals surface area (Å²) < 4.78 is 5.26. The highest BCUT2D eigenvalue weighted by Crippen LogP contribution is 2.26. The van der Waals surface area contributed by atoms with Gasteiger partial charge in [0.2, 0.25) is 0 Å². The Morgan fingerprint density at radius 2 is 2.19 bits per heavy atom. The number of methoxy groups -OCH3 is 1. The van der Waals surface area contributed by atoms with E-state index in [-0.39, 0.29) is 0 Å². The van der Waals surface area contributed by atoms with Gasteiger partial charge in [0, 0.05) is 24.2 Å². The highest BCUT2D eigenvalue weighted by Gasteiger charge is 2.29. The van der Waals surface area contributed by atoms with Gasteiger partial charge < -0.3 is 10.1 Å². The smallest absolute Gasteiger partial charge is 0.0601 e. The van der Waals surface area contributed by atoms with E-state index in [0.717, 1.165) is 17.9 Å². The molecule has 1 saturated carbocycles. The van der Waals surface area contributed by atoms with Gasteiger partial charge in [-0.2, -0.15) is 0 Å². The van der Waals surface area contributed by atoms with Gasteiger partial charge in [-0.25, -0.2) is 0 Å². The molecule has 0 saturated heterocycles. The summed E-state index contributed by atoms with van der Waals surface area (Å²) in [6.07, 6.45) is 2.67. The molecule has 1 aliphatic rings. The lowest BCUT2D eigenvalue weighted by Crippen LogP contribution is -2.45. The van der Waals surface area contributed by atoms with Gasteiger partial charge in [-0.1, -0.05) is 23.7 Å². The molecule has 0 heterocycles. The van der Waals surface area contributed by atoms with Crippen LogP contribution in [-0.2, 0) is 4.74 Å². The summed E-state index contributed by atoms with van der Waals surface area (Å²) >= 11 is 5.97. The Morgan fingerprint density at radius 1 is 1.44 bits per heavy atom. The first-order chi connectivity index (χ1) is 7.69. The van der Waals surface area contributed by atoms with E-state index >= 15 is 0 Å². The van der Waals surface area contributed by atoms with Gasteiger partial charge in [0.1, 0.15) is 0 Å². The molecule has 1 aromatic rings. The zero-order valence-electron chi connectivity index (χ0n) is 9.74. The number of hydrogen-bond acceptors (Lipinski definition) is 2. The maximum atomic E-state index is 5.97. The number of nitrogens with one attached hydrogen (secondary N) is 1. The average Bonchev–Trinajstić information content (AvgIpc) is 2.22. The van der Waals surface area contributed by atoms with E-state index in [1.165, 1.54) is 5.56 Å². The standard InChI is InChI=1S/C13H18ClNO/c1-9(10-4-3-5-11(14)6-10)15-12-7-13(8-12)16-2/h3-6,9,12-13,15H,7-8H2,1-2H3. The molecular weight excluding hydrogens is 222 g/mol. The molecular formula is C13H18ClNO. The van der Waals surface area contributed by atoms with Crippen molar-refractivity contribution in [3.63, 3.8) is 0 Å². The summed E-state index contributed by atoms with van der Waals surface area (Å²) in [5.74, 6) is 0. The van der Waals surface area contributed by atoms with Gasteiger partial charge in [0.25, 0.3) is 0 Å². The summed E-state index contributed by atoms with van der Waals surface area (Å²) in [7, 11) is 1.78. The first-order valence-corrected chi connectivity index (χ1v) is 6.11. The highest BCUT2D eigenvalue weighted by molar-refractivity contribution is 6.30. The molecule has 0 spiro atoms. The van der Waals surface area contributed by atoms with Gasteiger partial charge in [-0.15, -0.1) is 0 Å². The monoisotopic (exact) mass is 239 g/mol. The van der Waals surface area contributed by atoms with Gasteiger partial charge in [0.15, 0.2) is 0 Å². The minimum atomic E-state index is 0.349. The van der Waals surface area contributed by atoms with E-state index in [1.807, 2.05) is 18.2 Å². The summed E-state index contributed by atoms with van der Waals surface area (Å²) in [5, 5.41) is 4.39.